The molecular weight excluding hydrogens is 324 g/mol. The summed E-state index contributed by atoms with van der Waals surface area (Å²) >= 11 is 0. The zero-order valence-electron chi connectivity index (χ0n) is 14.7. The van der Waals surface area contributed by atoms with Gasteiger partial charge in [-0.1, -0.05) is 37.3 Å². The number of benzene rings is 1. The molecule has 0 atom stereocenters. The lowest BCUT2D eigenvalue weighted by Gasteiger charge is -2.34. The first kappa shape index (κ1) is 20.9. The predicted octanol–water partition coefficient (Wildman–Crippen LogP) is 2.95. The van der Waals surface area contributed by atoms with Crippen LogP contribution in [0.1, 0.15) is 38.2 Å². The maximum Gasteiger partial charge on any atom is 0.220 e. The van der Waals surface area contributed by atoms with E-state index < -0.39 is 0 Å². The van der Waals surface area contributed by atoms with Crippen LogP contribution in [0.15, 0.2) is 30.3 Å². The molecule has 0 radical (unpaired) electrons. The smallest absolute Gasteiger partial charge is 0.220 e. The number of hydrogen-bond donors (Lipinski definition) is 2. The Labute approximate surface area is 152 Å². The largest absolute Gasteiger partial charge is 0.381 e. The second-order valence-electron chi connectivity index (χ2n) is 6.79. The fourth-order valence-corrected chi connectivity index (χ4v) is 2.88. The molecule has 0 spiro atoms. The molecule has 4 nitrogen and oxygen atoms in total. The van der Waals surface area contributed by atoms with E-state index in [2.05, 4.69) is 29.7 Å². The van der Waals surface area contributed by atoms with E-state index in [0.29, 0.717) is 13.0 Å². The number of piperidine rings is 1. The van der Waals surface area contributed by atoms with Gasteiger partial charge in [-0.2, -0.15) is 0 Å². The molecule has 1 saturated heterocycles. The van der Waals surface area contributed by atoms with Gasteiger partial charge in [0.25, 0.3) is 0 Å². The number of carbonyl (C=O) groups excluding carboxylic acids is 1. The minimum atomic E-state index is 0. The highest BCUT2D eigenvalue weighted by molar-refractivity contribution is 5.85. The highest BCUT2D eigenvalue weighted by Gasteiger charge is 2.26. The van der Waals surface area contributed by atoms with E-state index in [1.807, 2.05) is 18.2 Å². The van der Waals surface area contributed by atoms with Crippen LogP contribution in [0.3, 0.4) is 0 Å². The summed E-state index contributed by atoms with van der Waals surface area (Å²) in [6.45, 7) is 6.55. The molecule has 0 unspecified atom stereocenters. The number of rotatable bonds is 9. The van der Waals surface area contributed by atoms with E-state index in [-0.39, 0.29) is 23.7 Å². The van der Waals surface area contributed by atoms with E-state index in [4.69, 9.17) is 4.74 Å². The van der Waals surface area contributed by atoms with Gasteiger partial charge >= 0.3 is 0 Å². The minimum absolute atomic E-state index is 0. The molecule has 1 heterocycles. The first-order valence-electron chi connectivity index (χ1n) is 8.77. The van der Waals surface area contributed by atoms with Crippen molar-refractivity contribution in [1.29, 1.82) is 0 Å². The average molecular weight is 355 g/mol. The summed E-state index contributed by atoms with van der Waals surface area (Å²) in [5.74, 6) is 0.149. The van der Waals surface area contributed by atoms with E-state index in [1.165, 1.54) is 5.56 Å². The van der Waals surface area contributed by atoms with Crippen LogP contribution in [-0.4, -0.2) is 38.8 Å². The molecule has 1 aliphatic rings. The summed E-state index contributed by atoms with van der Waals surface area (Å²) in [5, 5.41) is 6.45. The zero-order valence-corrected chi connectivity index (χ0v) is 15.5. The lowest BCUT2D eigenvalue weighted by molar-refractivity contribution is -0.122. The molecule has 2 rings (SSSR count). The lowest BCUT2D eigenvalue weighted by Crippen LogP contribution is -2.42. The zero-order chi connectivity index (χ0) is 16.4. The number of nitrogens with one attached hydrogen (secondary N) is 2. The Kier molecular flexibility index (Phi) is 9.99. The van der Waals surface area contributed by atoms with Gasteiger partial charge in [-0.15, -0.1) is 12.4 Å². The number of carbonyl (C=O) groups is 1. The summed E-state index contributed by atoms with van der Waals surface area (Å²) in [6, 6.07) is 10.3. The van der Waals surface area contributed by atoms with Gasteiger partial charge in [0.15, 0.2) is 0 Å². The van der Waals surface area contributed by atoms with E-state index >= 15 is 0 Å². The normalized spacial score (nSPS) is 16.2. The van der Waals surface area contributed by atoms with Gasteiger partial charge in [0.05, 0.1) is 6.61 Å². The molecule has 1 aromatic rings. The summed E-state index contributed by atoms with van der Waals surface area (Å²) in [6.07, 6.45) is 4.55. The molecule has 0 bridgehead atoms. The molecule has 0 aromatic heterocycles. The van der Waals surface area contributed by atoms with Crippen LogP contribution in [0.25, 0.3) is 0 Å². The van der Waals surface area contributed by atoms with Crippen LogP contribution in [0.4, 0.5) is 0 Å². The quantitative estimate of drug-likeness (QED) is 0.670. The Morgan fingerprint density at radius 1 is 1.21 bits per heavy atom. The third-order valence-corrected chi connectivity index (χ3v) is 4.59. The molecule has 1 aliphatic heterocycles. The molecule has 24 heavy (non-hydrogen) atoms. The van der Waals surface area contributed by atoms with Crippen molar-refractivity contribution in [1.82, 2.24) is 10.6 Å². The Morgan fingerprint density at radius 3 is 2.62 bits per heavy atom. The van der Waals surface area contributed by atoms with Crippen molar-refractivity contribution in [3.05, 3.63) is 35.9 Å². The predicted molar refractivity (Wildman–Crippen MR) is 101 cm³/mol. The van der Waals surface area contributed by atoms with Crippen molar-refractivity contribution < 1.29 is 9.53 Å². The summed E-state index contributed by atoms with van der Waals surface area (Å²) < 4.78 is 5.61. The molecule has 1 fully saturated rings. The van der Waals surface area contributed by atoms with Gasteiger partial charge in [-0.05, 0) is 49.8 Å². The molecule has 1 amide bonds. The highest BCUT2D eigenvalue weighted by Crippen LogP contribution is 2.26. The third-order valence-electron chi connectivity index (χ3n) is 4.59. The lowest BCUT2D eigenvalue weighted by atomic mass is 9.81. The second-order valence-corrected chi connectivity index (χ2v) is 6.79. The minimum Gasteiger partial charge on any atom is -0.381 e. The highest BCUT2D eigenvalue weighted by atomic mass is 35.5. The van der Waals surface area contributed by atoms with Crippen molar-refractivity contribution in [2.45, 2.75) is 39.0 Å². The van der Waals surface area contributed by atoms with Crippen molar-refractivity contribution >= 4 is 18.3 Å². The van der Waals surface area contributed by atoms with Crippen LogP contribution in [0.5, 0.6) is 0 Å². The molecule has 1 aromatic carbocycles. The molecule has 2 N–H and O–H groups in total. The van der Waals surface area contributed by atoms with Crippen molar-refractivity contribution in [3.63, 3.8) is 0 Å². The van der Waals surface area contributed by atoms with Gasteiger partial charge in [0.1, 0.15) is 0 Å². The fraction of sp³-hybridized carbons (Fsp3) is 0.632. The Hall–Kier alpha value is -1.10. The first-order chi connectivity index (χ1) is 11.2. The number of hydrogen-bond acceptors (Lipinski definition) is 3. The summed E-state index contributed by atoms with van der Waals surface area (Å²) in [5.41, 5.74) is 1.55. The van der Waals surface area contributed by atoms with Crippen LogP contribution >= 0.6 is 12.4 Å². The van der Waals surface area contributed by atoms with Crippen LogP contribution in [-0.2, 0) is 16.0 Å². The Bertz CT molecular complexity index is 462. The fourth-order valence-electron chi connectivity index (χ4n) is 2.88. The molecule has 0 aliphatic carbocycles. The second kappa shape index (κ2) is 11.5. The van der Waals surface area contributed by atoms with Gasteiger partial charge in [-0.25, -0.2) is 0 Å². The number of halogens is 1. The number of amides is 1. The van der Waals surface area contributed by atoms with Crippen molar-refractivity contribution in [2.24, 2.45) is 5.41 Å². The maximum atomic E-state index is 11.9. The van der Waals surface area contributed by atoms with Gasteiger partial charge < -0.3 is 15.4 Å². The average Bonchev–Trinajstić information content (AvgIpc) is 2.58. The van der Waals surface area contributed by atoms with E-state index in [1.54, 1.807) is 0 Å². The molecule has 5 heteroatoms. The first-order valence-corrected chi connectivity index (χ1v) is 8.77. The molecular formula is C19H31ClN2O2. The van der Waals surface area contributed by atoms with Gasteiger partial charge in [-0.3, -0.25) is 4.79 Å². The SMILES string of the molecule is CC1(CNC(=O)CCCOCCc2ccccc2)CCNCC1.Cl. The van der Waals surface area contributed by atoms with Crippen molar-refractivity contribution in [3.8, 4) is 0 Å². The standard InChI is InChI=1S/C19H30N2O2.ClH/c1-19(10-12-20-13-11-19)16-21-18(22)8-5-14-23-15-9-17-6-3-2-4-7-17;/h2-4,6-7,20H,5,8-16H2,1H3,(H,21,22);1H. The summed E-state index contributed by atoms with van der Waals surface area (Å²) in [7, 11) is 0. The van der Waals surface area contributed by atoms with Crippen LogP contribution < -0.4 is 10.6 Å². The van der Waals surface area contributed by atoms with E-state index in [9.17, 15) is 4.79 Å². The maximum absolute atomic E-state index is 11.9. The topological polar surface area (TPSA) is 50.4 Å². The van der Waals surface area contributed by atoms with Crippen molar-refractivity contribution in [2.75, 3.05) is 32.8 Å². The van der Waals surface area contributed by atoms with E-state index in [0.717, 1.165) is 51.9 Å². The molecule has 136 valence electrons. The van der Waals surface area contributed by atoms with Gasteiger partial charge in [0.2, 0.25) is 5.91 Å². The Balaban J connectivity index is 0.00000288. The summed E-state index contributed by atoms with van der Waals surface area (Å²) in [4.78, 5) is 11.9. The Morgan fingerprint density at radius 2 is 1.92 bits per heavy atom. The molecule has 0 saturated carbocycles. The van der Waals surface area contributed by atoms with Gasteiger partial charge in [0, 0.05) is 19.6 Å². The number of ether oxygens (including phenoxy) is 1. The third kappa shape index (κ3) is 8.13. The van der Waals surface area contributed by atoms with Crippen LogP contribution in [0, 0.1) is 5.41 Å². The van der Waals surface area contributed by atoms with Crippen LogP contribution in [0.2, 0.25) is 0 Å². The monoisotopic (exact) mass is 354 g/mol.